The fourth-order valence-electron chi connectivity index (χ4n) is 1.96. The molecule has 0 bridgehead atoms. The summed E-state index contributed by atoms with van der Waals surface area (Å²) in [6.07, 6.45) is 0.328. The number of hydrogen-bond donors (Lipinski definition) is 1. The lowest BCUT2D eigenvalue weighted by atomic mass is 10.0. The predicted molar refractivity (Wildman–Crippen MR) is 82.6 cm³/mol. The van der Waals surface area contributed by atoms with Crippen LogP contribution in [0, 0.1) is 13.8 Å². The zero-order chi connectivity index (χ0) is 15.6. The first-order valence-corrected chi connectivity index (χ1v) is 8.21. The number of nitrogens with zero attached hydrogens (tertiary/aromatic N) is 2. The molecule has 1 heterocycles. The van der Waals surface area contributed by atoms with Crippen molar-refractivity contribution < 1.29 is 13.3 Å². The van der Waals surface area contributed by atoms with Crippen LogP contribution in [-0.4, -0.2) is 45.2 Å². The van der Waals surface area contributed by atoms with Gasteiger partial charge < -0.3 is 4.84 Å². The van der Waals surface area contributed by atoms with Gasteiger partial charge in [0.1, 0.15) is 6.10 Å². The minimum absolute atomic E-state index is 0.207. The van der Waals surface area contributed by atoms with E-state index in [0.29, 0.717) is 6.42 Å². The van der Waals surface area contributed by atoms with Crippen LogP contribution in [0.4, 0.5) is 0 Å². The molecule has 1 aromatic carbocycles. The molecular formula is C14H21N3O3S. The van der Waals surface area contributed by atoms with Crippen LogP contribution in [0.5, 0.6) is 0 Å². The van der Waals surface area contributed by atoms with Gasteiger partial charge in [-0.1, -0.05) is 17.3 Å². The number of aryl methyl sites for hydroxylation is 2. The summed E-state index contributed by atoms with van der Waals surface area (Å²) in [7, 11) is -0.466. The van der Waals surface area contributed by atoms with E-state index < -0.39 is 10.2 Å². The molecule has 2 rings (SSSR count). The molecule has 0 aliphatic carbocycles. The standard InChI is InChI=1S/C14H21N3O3S/c1-10-5-6-12(7-11(10)2)14-8-13(20-16-14)9-15-21(18,19)17(3)4/h5-7,13,15H,8-9H2,1-4H3. The first-order chi connectivity index (χ1) is 9.79. The average Bonchev–Trinajstić information content (AvgIpc) is 2.88. The Morgan fingerprint density at radius 1 is 1.33 bits per heavy atom. The van der Waals surface area contributed by atoms with Gasteiger partial charge in [0, 0.05) is 20.5 Å². The lowest BCUT2D eigenvalue weighted by Crippen LogP contribution is -2.39. The molecule has 0 saturated carbocycles. The maximum atomic E-state index is 11.6. The van der Waals surface area contributed by atoms with Gasteiger partial charge in [-0.15, -0.1) is 0 Å². The van der Waals surface area contributed by atoms with Gasteiger partial charge in [-0.3, -0.25) is 0 Å². The molecule has 116 valence electrons. The zero-order valence-electron chi connectivity index (χ0n) is 12.8. The topological polar surface area (TPSA) is 71.0 Å². The van der Waals surface area contributed by atoms with Crippen LogP contribution < -0.4 is 4.72 Å². The van der Waals surface area contributed by atoms with Gasteiger partial charge in [0.05, 0.1) is 12.3 Å². The largest absolute Gasteiger partial charge is 0.390 e. The van der Waals surface area contributed by atoms with Crippen molar-refractivity contribution >= 4 is 15.9 Å². The highest BCUT2D eigenvalue weighted by atomic mass is 32.2. The van der Waals surface area contributed by atoms with Crippen LogP contribution in [0.25, 0.3) is 0 Å². The fraction of sp³-hybridized carbons (Fsp3) is 0.500. The van der Waals surface area contributed by atoms with Crippen molar-refractivity contribution in [3.8, 4) is 0 Å². The SMILES string of the molecule is Cc1ccc(C2=NOC(CNS(=O)(=O)N(C)C)C2)cc1C. The van der Waals surface area contributed by atoms with E-state index >= 15 is 0 Å². The first-order valence-electron chi connectivity index (χ1n) is 6.77. The molecule has 0 aromatic heterocycles. The lowest BCUT2D eigenvalue weighted by molar-refractivity contribution is 0.0888. The van der Waals surface area contributed by atoms with Crippen LogP contribution in [0.15, 0.2) is 23.4 Å². The summed E-state index contributed by atoms with van der Waals surface area (Å²) < 4.78 is 26.9. The van der Waals surface area contributed by atoms with Crippen molar-refractivity contribution in [2.45, 2.75) is 26.4 Å². The molecule has 0 fully saturated rings. The van der Waals surface area contributed by atoms with Crippen molar-refractivity contribution in [3.63, 3.8) is 0 Å². The summed E-state index contributed by atoms with van der Waals surface area (Å²) in [4.78, 5) is 5.31. The van der Waals surface area contributed by atoms with E-state index in [1.54, 1.807) is 0 Å². The molecule has 1 unspecified atom stereocenters. The Bertz CT molecular complexity index is 653. The van der Waals surface area contributed by atoms with E-state index in [1.165, 1.54) is 25.2 Å². The second-order valence-corrected chi connectivity index (χ2v) is 7.37. The van der Waals surface area contributed by atoms with E-state index in [0.717, 1.165) is 15.6 Å². The van der Waals surface area contributed by atoms with Gasteiger partial charge in [0.15, 0.2) is 0 Å². The van der Waals surface area contributed by atoms with Crippen molar-refractivity contribution in [2.75, 3.05) is 20.6 Å². The van der Waals surface area contributed by atoms with E-state index in [2.05, 4.69) is 35.9 Å². The number of hydrogen-bond acceptors (Lipinski definition) is 4. The minimum atomic E-state index is -3.43. The summed E-state index contributed by atoms with van der Waals surface area (Å²) in [5.41, 5.74) is 4.31. The molecule has 1 N–H and O–H groups in total. The smallest absolute Gasteiger partial charge is 0.279 e. The van der Waals surface area contributed by atoms with Gasteiger partial charge in [-0.05, 0) is 36.6 Å². The van der Waals surface area contributed by atoms with Gasteiger partial charge in [-0.25, -0.2) is 0 Å². The van der Waals surface area contributed by atoms with Crippen LogP contribution in [-0.2, 0) is 15.0 Å². The molecule has 1 aliphatic rings. The van der Waals surface area contributed by atoms with Gasteiger partial charge in [0.25, 0.3) is 10.2 Å². The van der Waals surface area contributed by atoms with Gasteiger partial charge in [0.2, 0.25) is 0 Å². The summed E-state index contributed by atoms with van der Waals surface area (Å²) in [6.45, 7) is 4.32. The Balaban J connectivity index is 1.96. The summed E-state index contributed by atoms with van der Waals surface area (Å²) in [5, 5.41) is 4.07. The molecule has 1 aliphatic heterocycles. The highest BCUT2D eigenvalue weighted by Gasteiger charge is 2.24. The second-order valence-electron chi connectivity index (χ2n) is 5.40. The Morgan fingerprint density at radius 3 is 2.67 bits per heavy atom. The Kier molecular flexibility index (Phi) is 4.65. The molecule has 0 amide bonds. The monoisotopic (exact) mass is 311 g/mol. The molecule has 21 heavy (non-hydrogen) atoms. The van der Waals surface area contributed by atoms with E-state index in [9.17, 15) is 8.42 Å². The van der Waals surface area contributed by atoms with Crippen molar-refractivity contribution in [3.05, 3.63) is 34.9 Å². The van der Waals surface area contributed by atoms with Gasteiger partial charge >= 0.3 is 0 Å². The summed E-state index contributed by atoms with van der Waals surface area (Å²) >= 11 is 0. The third-order valence-corrected chi connectivity index (χ3v) is 5.04. The van der Waals surface area contributed by atoms with Crippen LogP contribution in [0.3, 0.4) is 0 Å². The number of oxime groups is 1. The summed E-state index contributed by atoms with van der Waals surface area (Å²) in [5.74, 6) is 0. The third-order valence-electron chi connectivity index (χ3n) is 3.55. The van der Waals surface area contributed by atoms with Gasteiger partial charge in [-0.2, -0.15) is 17.4 Å². The zero-order valence-corrected chi connectivity index (χ0v) is 13.6. The third kappa shape index (κ3) is 3.81. The van der Waals surface area contributed by atoms with Crippen LogP contribution >= 0.6 is 0 Å². The van der Waals surface area contributed by atoms with Crippen molar-refractivity contribution in [1.82, 2.24) is 9.03 Å². The number of nitrogens with one attached hydrogen (secondary N) is 1. The highest BCUT2D eigenvalue weighted by Crippen LogP contribution is 2.18. The molecular weight excluding hydrogens is 290 g/mol. The van der Waals surface area contributed by atoms with E-state index in [-0.39, 0.29) is 12.6 Å². The molecule has 0 spiro atoms. The van der Waals surface area contributed by atoms with E-state index in [1.807, 2.05) is 6.07 Å². The maximum Gasteiger partial charge on any atom is 0.279 e. The van der Waals surface area contributed by atoms with Crippen LogP contribution in [0.2, 0.25) is 0 Å². The first kappa shape index (κ1) is 15.9. The second kappa shape index (κ2) is 6.13. The molecule has 1 atom stereocenters. The Labute approximate surface area is 126 Å². The minimum Gasteiger partial charge on any atom is -0.390 e. The molecule has 0 radical (unpaired) electrons. The Morgan fingerprint density at radius 2 is 2.05 bits per heavy atom. The quantitative estimate of drug-likeness (QED) is 0.888. The maximum absolute atomic E-state index is 11.6. The van der Waals surface area contributed by atoms with Crippen LogP contribution in [0.1, 0.15) is 23.1 Å². The average molecular weight is 311 g/mol. The molecule has 6 nitrogen and oxygen atoms in total. The number of benzene rings is 1. The summed E-state index contributed by atoms with van der Waals surface area (Å²) in [6, 6.07) is 6.13. The highest BCUT2D eigenvalue weighted by molar-refractivity contribution is 7.87. The molecule has 1 aromatic rings. The lowest BCUT2D eigenvalue weighted by Gasteiger charge is -2.14. The predicted octanol–water partition coefficient (Wildman–Crippen LogP) is 1.19. The fourth-order valence-corrected chi connectivity index (χ4v) is 2.61. The molecule has 7 heteroatoms. The van der Waals surface area contributed by atoms with Crippen molar-refractivity contribution in [2.24, 2.45) is 5.16 Å². The Hall–Kier alpha value is -1.44. The van der Waals surface area contributed by atoms with E-state index in [4.69, 9.17) is 4.84 Å². The normalized spacial score (nSPS) is 18.7. The molecule has 0 saturated heterocycles. The van der Waals surface area contributed by atoms with Crippen molar-refractivity contribution in [1.29, 1.82) is 0 Å². The number of rotatable bonds is 5.